The predicted octanol–water partition coefficient (Wildman–Crippen LogP) is 2.93. The zero-order valence-corrected chi connectivity index (χ0v) is 15.8. The molecule has 3 rings (SSSR count). The van der Waals surface area contributed by atoms with Crippen molar-refractivity contribution in [3.63, 3.8) is 0 Å². The van der Waals surface area contributed by atoms with Gasteiger partial charge in [0, 0.05) is 43.0 Å². The van der Waals surface area contributed by atoms with Crippen LogP contribution < -0.4 is 10.6 Å². The first kappa shape index (κ1) is 19.4. The van der Waals surface area contributed by atoms with Gasteiger partial charge in [-0.2, -0.15) is 0 Å². The Labute approximate surface area is 164 Å². The van der Waals surface area contributed by atoms with Crippen molar-refractivity contribution in [3.05, 3.63) is 71.3 Å². The summed E-state index contributed by atoms with van der Waals surface area (Å²) in [6.07, 6.45) is 5.17. The number of benzene rings is 2. The van der Waals surface area contributed by atoms with E-state index in [1.807, 2.05) is 4.90 Å². The number of nitrogens with one attached hydrogen (secondary N) is 2. The smallest absolute Gasteiger partial charge is 0.253 e. The molecule has 0 spiro atoms. The highest BCUT2D eigenvalue weighted by Gasteiger charge is 2.19. The molecule has 0 radical (unpaired) electrons. The molecule has 0 saturated carbocycles. The lowest BCUT2D eigenvalue weighted by Gasteiger charge is -2.15. The molecule has 0 atom stereocenters. The van der Waals surface area contributed by atoms with Crippen LogP contribution in [0.5, 0.6) is 0 Å². The second kappa shape index (κ2) is 8.99. The summed E-state index contributed by atoms with van der Waals surface area (Å²) >= 11 is 0. The molecule has 1 fully saturated rings. The van der Waals surface area contributed by atoms with E-state index in [1.165, 1.54) is 6.08 Å². The molecule has 0 aromatic heterocycles. The quantitative estimate of drug-likeness (QED) is 0.787. The molecular weight excluding hydrogens is 354 g/mol. The number of nitrogens with zero attached hydrogens (tertiary/aromatic N) is 1. The maximum atomic E-state index is 12.5. The van der Waals surface area contributed by atoms with Crippen molar-refractivity contribution in [2.45, 2.75) is 12.8 Å². The molecule has 3 amide bonds. The number of carbonyl (C=O) groups is 3. The molecule has 0 aliphatic carbocycles. The first-order chi connectivity index (χ1) is 13.6. The van der Waals surface area contributed by atoms with Crippen LogP contribution in [0.3, 0.4) is 0 Å². The van der Waals surface area contributed by atoms with Gasteiger partial charge in [-0.1, -0.05) is 18.2 Å². The van der Waals surface area contributed by atoms with Crippen LogP contribution in [0.1, 0.15) is 39.1 Å². The number of likely N-dealkylation sites (tertiary alicyclic amines) is 1. The van der Waals surface area contributed by atoms with E-state index in [0.717, 1.165) is 31.5 Å². The monoisotopic (exact) mass is 377 g/mol. The largest absolute Gasteiger partial charge is 0.355 e. The number of amides is 3. The van der Waals surface area contributed by atoms with Crippen molar-refractivity contribution in [1.82, 2.24) is 10.2 Å². The molecule has 1 saturated heterocycles. The van der Waals surface area contributed by atoms with E-state index in [0.29, 0.717) is 16.8 Å². The molecular formula is C22H23N3O3. The van der Waals surface area contributed by atoms with Crippen molar-refractivity contribution < 1.29 is 14.4 Å². The van der Waals surface area contributed by atoms with Crippen LogP contribution >= 0.6 is 0 Å². The fraction of sp³-hybridized carbons (Fsp3) is 0.227. The van der Waals surface area contributed by atoms with Gasteiger partial charge >= 0.3 is 0 Å². The van der Waals surface area contributed by atoms with Crippen molar-refractivity contribution in [1.29, 1.82) is 0 Å². The normalized spacial score (nSPS) is 13.5. The molecule has 2 N–H and O–H groups in total. The van der Waals surface area contributed by atoms with Crippen LogP contribution in [0.2, 0.25) is 0 Å². The third-order valence-corrected chi connectivity index (χ3v) is 4.60. The van der Waals surface area contributed by atoms with Gasteiger partial charge in [-0.25, -0.2) is 0 Å². The fourth-order valence-electron chi connectivity index (χ4n) is 3.08. The van der Waals surface area contributed by atoms with Gasteiger partial charge in [0.25, 0.3) is 11.8 Å². The van der Waals surface area contributed by atoms with E-state index < -0.39 is 0 Å². The lowest BCUT2D eigenvalue weighted by molar-refractivity contribution is -0.111. The summed E-state index contributed by atoms with van der Waals surface area (Å²) in [5, 5.41) is 5.34. The van der Waals surface area contributed by atoms with E-state index in [9.17, 15) is 14.4 Å². The average molecular weight is 377 g/mol. The van der Waals surface area contributed by atoms with Gasteiger partial charge in [0.15, 0.2) is 0 Å². The summed E-state index contributed by atoms with van der Waals surface area (Å²) in [5.74, 6) is -0.446. The minimum Gasteiger partial charge on any atom is -0.355 e. The molecule has 6 nitrogen and oxygen atoms in total. The van der Waals surface area contributed by atoms with Crippen LogP contribution in [-0.4, -0.2) is 42.8 Å². The Morgan fingerprint density at radius 3 is 2.36 bits per heavy atom. The van der Waals surface area contributed by atoms with Gasteiger partial charge in [-0.05, 0) is 54.8 Å². The summed E-state index contributed by atoms with van der Waals surface area (Å²) in [4.78, 5) is 38.0. The maximum Gasteiger partial charge on any atom is 0.253 e. The molecule has 1 heterocycles. The summed E-state index contributed by atoms with van der Waals surface area (Å²) in [7, 11) is 1.58. The number of hydrogen-bond donors (Lipinski definition) is 2. The molecule has 6 heteroatoms. The second-order valence-electron chi connectivity index (χ2n) is 6.60. The summed E-state index contributed by atoms with van der Waals surface area (Å²) in [6.45, 7) is 1.58. The van der Waals surface area contributed by atoms with Gasteiger partial charge in [0.05, 0.1) is 0 Å². The zero-order chi connectivity index (χ0) is 19.9. The number of rotatable bonds is 5. The Bertz CT molecular complexity index is 897. The number of hydrogen-bond acceptors (Lipinski definition) is 3. The van der Waals surface area contributed by atoms with Crippen LogP contribution in [0.25, 0.3) is 6.08 Å². The SMILES string of the molecule is CNC(=O)c1ccc(C=CC(=O)Nc2cccc(C(=O)N3CCCC3)c2)cc1. The lowest BCUT2D eigenvalue weighted by atomic mass is 10.1. The van der Waals surface area contributed by atoms with Gasteiger partial charge in [0.2, 0.25) is 5.91 Å². The molecule has 1 aliphatic heterocycles. The third-order valence-electron chi connectivity index (χ3n) is 4.60. The Kier molecular flexibility index (Phi) is 6.22. The van der Waals surface area contributed by atoms with E-state index >= 15 is 0 Å². The second-order valence-corrected chi connectivity index (χ2v) is 6.60. The van der Waals surface area contributed by atoms with Crippen LogP contribution in [0, 0.1) is 0 Å². The van der Waals surface area contributed by atoms with Crippen molar-refractivity contribution in [3.8, 4) is 0 Å². The summed E-state index contributed by atoms with van der Waals surface area (Å²) in [6, 6.07) is 13.9. The summed E-state index contributed by atoms with van der Waals surface area (Å²) < 4.78 is 0. The van der Waals surface area contributed by atoms with Crippen LogP contribution in [0.15, 0.2) is 54.6 Å². The van der Waals surface area contributed by atoms with E-state index in [2.05, 4.69) is 10.6 Å². The zero-order valence-electron chi connectivity index (χ0n) is 15.8. The average Bonchev–Trinajstić information content (AvgIpc) is 3.26. The standard InChI is InChI=1S/C22H23N3O3/c1-23-21(27)17-10-7-16(8-11-17)9-12-20(26)24-19-6-4-5-18(15-19)22(28)25-13-2-3-14-25/h4-12,15H,2-3,13-14H2,1H3,(H,23,27)(H,24,26). The Morgan fingerprint density at radius 2 is 1.68 bits per heavy atom. The molecule has 2 aromatic rings. The minimum atomic E-state index is -0.291. The first-order valence-electron chi connectivity index (χ1n) is 9.27. The Balaban J connectivity index is 1.61. The van der Waals surface area contributed by atoms with E-state index in [-0.39, 0.29) is 17.7 Å². The topological polar surface area (TPSA) is 78.5 Å². The molecule has 2 aromatic carbocycles. The minimum absolute atomic E-state index is 0.000321. The van der Waals surface area contributed by atoms with Crippen molar-refractivity contribution in [2.24, 2.45) is 0 Å². The number of carbonyl (C=O) groups excluding carboxylic acids is 3. The molecule has 28 heavy (non-hydrogen) atoms. The fourth-order valence-corrected chi connectivity index (χ4v) is 3.08. The first-order valence-corrected chi connectivity index (χ1v) is 9.27. The van der Waals surface area contributed by atoms with E-state index in [1.54, 1.807) is 61.7 Å². The van der Waals surface area contributed by atoms with Gasteiger partial charge in [-0.3, -0.25) is 14.4 Å². The van der Waals surface area contributed by atoms with Gasteiger partial charge in [0.1, 0.15) is 0 Å². The molecule has 144 valence electrons. The lowest BCUT2D eigenvalue weighted by Crippen LogP contribution is -2.27. The highest BCUT2D eigenvalue weighted by atomic mass is 16.2. The third kappa shape index (κ3) is 4.85. The van der Waals surface area contributed by atoms with Gasteiger partial charge < -0.3 is 15.5 Å². The van der Waals surface area contributed by atoms with Crippen LogP contribution in [0.4, 0.5) is 5.69 Å². The van der Waals surface area contributed by atoms with Crippen LogP contribution in [-0.2, 0) is 4.79 Å². The highest BCUT2D eigenvalue weighted by molar-refractivity contribution is 6.03. The Hall–Kier alpha value is -3.41. The molecule has 1 aliphatic rings. The maximum absolute atomic E-state index is 12.5. The highest BCUT2D eigenvalue weighted by Crippen LogP contribution is 2.16. The predicted molar refractivity (Wildman–Crippen MR) is 109 cm³/mol. The molecule has 0 bridgehead atoms. The summed E-state index contributed by atoms with van der Waals surface area (Å²) in [5.41, 5.74) is 2.52. The van der Waals surface area contributed by atoms with E-state index in [4.69, 9.17) is 0 Å². The molecule has 0 unspecified atom stereocenters. The number of anilines is 1. The van der Waals surface area contributed by atoms with Crippen molar-refractivity contribution in [2.75, 3.05) is 25.5 Å². The van der Waals surface area contributed by atoms with Crippen molar-refractivity contribution >= 4 is 29.5 Å². The van der Waals surface area contributed by atoms with Gasteiger partial charge in [-0.15, -0.1) is 0 Å². The Morgan fingerprint density at radius 1 is 0.964 bits per heavy atom.